The lowest BCUT2D eigenvalue weighted by atomic mass is 9.88. The van der Waals surface area contributed by atoms with Crippen LogP contribution in [0.2, 0.25) is 0 Å². The number of rotatable bonds is 2. The van der Waals surface area contributed by atoms with Crippen molar-refractivity contribution in [2.75, 3.05) is 0 Å². The molecular formula is C12H16O. The third-order valence-corrected chi connectivity index (χ3v) is 3.06. The zero-order chi connectivity index (χ0) is 9.47. The van der Waals surface area contributed by atoms with Crippen LogP contribution in [-0.2, 0) is 5.60 Å². The smallest absolute Gasteiger partial charge is 0.0899 e. The molecule has 1 fully saturated rings. The van der Waals surface area contributed by atoms with Gasteiger partial charge in [-0.25, -0.2) is 0 Å². The topological polar surface area (TPSA) is 20.2 Å². The van der Waals surface area contributed by atoms with E-state index in [0.29, 0.717) is 5.92 Å². The summed E-state index contributed by atoms with van der Waals surface area (Å²) in [5.41, 5.74) is 1.68. The minimum Gasteiger partial charge on any atom is -0.385 e. The fraction of sp³-hybridized carbons (Fsp3) is 0.500. The van der Waals surface area contributed by atoms with Crippen LogP contribution < -0.4 is 0 Å². The summed E-state index contributed by atoms with van der Waals surface area (Å²) in [4.78, 5) is 0. The number of aryl methyl sites for hydroxylation is 1. The summed E-state index contributed by atoms with van der Waals surface area (Å²) < 4.78 is 0. The lowest BCUT2D eigenvalue weighted by molar-refractivity contribution is 0.0325. The molecule has 1 atom stereocenters. The minimum absolute atomic E-state index is 0.480. The molecule has 0 radical (unpaired) electrons. The van der Waals surface area contributed by atoms with E-state index >= 15 is 0 Å². The molecular weight excluding hydrogens is 160 g/mol. The van der Waals surface area contributed by atoms with E-state index in [1.165, 1.54) is 18.4 Å². The van der Waals surface area contributed by atoms with Gasteiger partial charge in [-0.2, -0.15) is 0 Å². The highest BCUT2D eigenvalue weighted by Crippen LogP contribution is 2.46. The van der Waals surface area contributed by atoms with E-state index in [0.717, 1.165) is 5.56 Å². The highest BCUT2D eigenvalue weighted by Gasteiger charge is 2.41. The zero-order valence-electron chi connectivity index (χ0n) is 8.25. The number of aliphatic hydroxyl groups is 1. The molecule has 0 saturated heterocycles. The van der Waals surface area contributed by atoms with Crippen molar-refractivity contribution >= 4 is 0 Å². The Morgan fingerprint density at radius 3 is 2.46 bits per heavy atom. The maximum atomic E-state index is 10.3. The standard InChI is InChI=1S/C12H16O/c1-9-5-3-4-6-11(9)12(2,13)10-7-8-10/h3-6,10,13H,7-8H2,1-2H3/t12-/m1/s1. The molecule has 70 valence electrons. The molecule has 0 unspecified atom stereocenters. The molecule has 0 aromatic heterocycles. The number of hydrogen-bond acceptors (Lipinski definition) is 1. The van der Waals surface area contributed by atoms with Gasteiger partial charge in [0.1, 0.15) is 0 Å². The van der Waals surface area contributed by atoms with Gasteiger partial charge in [0.15, 0.2) is 0 Å². The first-order chi connectivity index (χ1) is 6.12. The quantitative estimate of drug-likeness (QED) is 0.734. The molecule has 13 heavy (non-hydrogen) atoms. The lowest BCUT2D eigenvalue weighted by Gasteiger charge is -2.25. The van der Waals surface area contributed by atoms with Crippen LogP contribution in [0, 0.1) is 12.8 Å². The molecule has 1 N–H and O–H groups in total. The first-order valence-electron chi connectivity index (χ1n) is 4.91. The van der Waals surface area contributed by atoms with Crippen LogP contribution in [-0.4, -0.2) is 5.11 Å². The summed E-state index contributed by atoms with van der Waals surface area (Å²) in [7, 11) is 0. The van der Waals surface area contributed by atoms with Gasteiger partial charge in [-0.15, -0.1) is 0 Å². The molecule has 0 bridgehead atoms. The van der Waals surface area contributed by atoms with Crippen LogP contribution in [0.25, 0.3) is 0 Å². The van der Waals surface area contributed by atoms with Crippen LogP contribution in [0.5, 0.6) is 0 Å². The first kappa shape index (κ1) is 8.76. The Kier molecular flexibility index (Phi) is 1.92. The monoisotopic (exact) mass is 176 g/mol. The maximum Gasteiger partial charge on any atom is 0.0899 e. The van der Waals surface area contributed by atoms with Crippen molar-refractivity contribution in [3.63, 3.8) is 0 Å². The molecule has 0 amide bonds. The third kappa shape index (κ3) is 1.49. The maximum absolute atomic E-state index is 10.3. The van der Waals surface area contributed by atoms with Gasteiger partial charge in [-0.3, -0.25) is 0 Å². The van der Waals surface area contributed by atoms with Gasteiger partial charge in [0.25, 0.3) is 0 Å². The van der Waals surface area contributed by atoms with E-state index in [1.807, 2.05) is 25.1 Å². The van der Waals surface area contributed by atoms with Crippen molar-refractivity contribution < 1.29 is 5.11 Å². The highest BCUT2D eigenvalue weighted by atomic mass is 16.3. The van der Waals surface area contributed by atoms with E-state index in [1.54, 1.807) is 0 Å². The summed E-state index contributed by atoms with van der Waals surface area (Å²) in [6, 6.07) is 8.11. The Morgan fingerprint density at radius 2 is 1.92 bits per heavy atom. The van der Waals surface area contributed by atoms with Crippen molar-refractivity contribution in [2.45, 2.75) is 32.3 Å². The van der Waals surface area contributed by atoms with Gasteiger partial charge in [-0.1, -0.05) is 24.3 Å². The second kappa shape index (κ2) is 2.85. The predicted octanol–water partition coefficient (Wildman–Crippen LogP) is 2.61. The van der Waals surface area contributed by atoms with Crippen LogP contribution in [0.4, 0.5) is 0 Å². The molecule has 0 aliphatic heterocycles. The van der Waals surface area contributed by atoms with E-state index in [4.69, 9.17) is 0 Å². The largest absolute Gasteiger partial charge is 0.385 e. The van der Waals surface area contributed by atoms with Crippen molar-refractivity contribution in [1.82, 2.24) is 0 Å². The fourth-order valence-electron chi connectivity index (χ4n) is 2.01. The van der Waals surface area contributed by atoms with Gasteiger partial charge < -0.3 is 5.11 Å². The van der Waals surface area contributed by atoms with E-state index in [-0.39, 0.29) is 0 Å². The number of benzene rings is 1. The van der Waals surface area contributed by atoms with Crippen LogP contribution >= 0.6 is 0 Å². The summed E-state index contributed by atoms with van der Waals surface area (Å²) in [6.45, 7) is 4.00. The van der Waals surface area contributed by atoms with Crippen molar-refractivity contribution in [3.05, 3.63) is 35.4 Å². The van der Waals surface area contributed by atoms with Crippen molar-refractivity contribution in [1.29, 1.82) is 0 Å². The Bertz CT molecular complexity index is 311. The van der Waals surface area contributed by atoms with Crippen LogP contribution in [0.1, 0.15) is 30.9 Å². The van der Waals surface area contributed by atoms with Gasteiger partial charge >= 0.3 is 0 Å². The molecule has 1 aromatic carbocycles. The highest BCUT2D eigenvalue weighted by molar-refractivity contribution is 5.32. The Labute approximate surface area is 79.4 Å². The van der Waals surface area contributed by atoms with Crippen LogP contribution in [0.15, 0.2) is 24.3 Å². The SMILES string of the molecule is Cc1ccccc1[C@](C)(O)C1CC1. The molecule has 0 spiro atoms. The van der Waals surface area contributed by atoms with Gasteiger partial charge in [0, 0.05) is 0 Å². The lowest BCUT2D eigenvalue weighted by Crippen LogP contribution is -2.24. The van der Waals surface area contributed by atoms with Crippen molar-refractivity contribution in [2.24, 2.45) is 5.92 Å². The molecule has 1 aliphatic carbocycles. The Morgan fingerprint density at radius 1 is 1.31 bits per heavy atom. The van der Waals surface area contributed by atoms with Crippen molar-refractivity contribution in [3.8, 4) is 0 Å². The summed E-state index contributed by atoms with van der Waals surface area (Å²) in [6.07, 6.45) is 2.34. The summed E-state index contributed by atoms with van der Waals surface area (Å²) in [5, 5.41) is 10.3. The second-order valence-corrected chi connectivity index (χ2v) is 4.24. The molecule has 1 heteroatoms. The first-order valence-corrected chi connectivity index (χ1v) is 4.91. The third-order valence-electron chi connectivity index (χ3n) is 3.06. The van der Waals surface area contributed by atoms with E-state index in [2.05, 4.69) is 13.0 Å². The van der Waals surface area contributed by atoms with E-state index < -0.39 is 5.60 Å². The van der Waals surface area contributed by atoms with E-state index in [9.17, 15) is 5.11 Å². The average Bonchev–Trinajstić information content (AvgIpc) is 2.86. The Hall–Kier alpha value is -0.820. The molecule has 2 rings (SSSR count). The summed E-state index contributed by atoms with van der Waals surface area (Å²) >= 11 is 0. The summed E-state index contributed by atoms with van der Waals surface area (Å²) in [5.74, 6) is 0.480. The van der Waals surface area contributed by atoms with Gasteiger partial charge in [0.05, 0.1) is 5.60 Å². The second-order valence-electron chi connectivity index (χ2n) is 4.24. The molecule has 1 nitrogen and oxygen atoms in total. The normalized spacial score (nSPS) is 21.2. The predicted molar refractivity (Wildman–Crippen MR) is 53.5 cm³/mol. The molecule has 1 saturated carbocycles. The average molecular weight is 176 g/mol. The van der Waals surface area contributed by atoms with Crippen LogP contribution in [0.3, 0.4) is 0 Å². The minimum atomic E-state index is -0.606. The number of hydrogen-bond donors (Lipinski definition) is 1. The zero-order valence-corrected chi connectivity index (χ0v) is 8.25. The Balaban J connectivity index is 2.38. The molecule has 1 aromatic rings. The molecule has 1 aliphatic rings. The molecule has 0 heterocycles. The van der Waals surface area contributed by atoms with Gasteiger partial charge in [-0.05, 0) is 43.7 Å². The van der Waals surface area contributed by atoms with Gasteiger partial charge in [0.2, 0.25) is 0 Å². The fourth-order valence-corrected chi connectivity index (χ4v) is 2.01.